The SMILES string of the molecule is CCCS(=O)(=O)c1cc([N+](=O)[O-])c[nH]c1=O. The van der Waals surface area contributed by atoms with E-state index < -0.39 is 30.9 Å². The molecule has 0 unspecified atom stereocenters. The van der Waals surface area contributed by atoms with Gasteiger partial charge in [-0.15, -0.1) is 0 Å². The quantitative estimate of drug-likeness (QED) is 0.613. The van der Waals surface area contributed by atoms with E-state index in [0.29, 0.717) is 6.42 Å². The molecule has 16 heavy (non-hydrogen) atoms. The van der Waals surface area contributed by atoms with Crippen molar-refractivity contribution in [3.05, 3.63) is 32.7 Å². The van der Waals surface area contributed by atoms with Crippen molar-refractivity contribution in [2.75, 3.05) is 5.75 Å². The third-order valence-corrected chi connectivity index (χ3v) is 3.79. The molecule has 0 saturated heterocycles. The number of nitrogens with one attached hydrogen (secondary N) is 1. The van der Waals surface area contributed by atoms with Crippen LogP contribution in [0.4, 0.5) is 5.69 Å². The Hall–Kier alpha value is -1.70. The number of nitro groups is 1. The van der Waals surface area contributed by atoms with Gasteiger partial charge in [-0.3, -0.25) is 14.9 Å². The van der Waals surface area contributed by atoms with Crippen molar-refractivity contribution in [3.63, 3.8) is 0 Å². The fraction of sp³-hybridized carbons (Fsp3) is 0.375. The van der Waals surface area contributed by atoms with Crippen LogP contribution in [0.25, 0.3) is 0 Å². The van der Waals surface area contributed by atoms with Gasteiger partial charge in [-0.2, -0.15) is 0 Å². The molecule has 0 aromatic carbocycles. The predicted molar refractivity (Wildman–Crippen MR) is 56.1 cm³/mol. The maximum atomic E-state index is 11.6. The molecule has 0 fully saturated rings. The monoisotopic (exact) mass is 246 g/mol. The summed E-state index contributed by atoms with van der Waals surface area (Å²) in [6, 6.07) is 0.782. The minimum Gasteiger partial charge on any atom is -0.322 e. The fourth-order valence-electron chi connectivity index (χ4n) is 1.17. The molecular formula is C8H10N2O5S. The number of sulfone groups is 1. The summed E-state index contributed by atoms with van der Waals surface area (Å²) < 4.78 is 23.2. The van der Waals surface area contributed by atoms with E-state index in [1.54, 1.807) is 6.92 Å². The molecule has 88 valence electrons. The second-order valence-corrected chi connectivity index (χ2v) is 5.20. The first-order valence-electron chi connectivity index (χ1n) is 4.48. The molecule has 0 spiro atoms. The summed E-state index contributed by atoms with van der Waals surface area (Å²) in [5.74, 6) is -0.211. The molecule has 0 aliphatic heterocycles. The van der Waals surface area contributed by atoms with Crippen molar-refractivity contribution in [2.24, 2.45) is 0 Å². The number of aromatic amines is 1. The molecule has 0 radical (unpaired) electrons. The van der Waals surface area contributed by atoms with Gasteiger partial charge in [0.15, 0.2) is 9.84 Å². The Morgan fingerprint density at radius 1 is 1.50 bits per heavy atom. The van der Waals surface area contributed by atoms with Crippen LogP contribution in [0.2, 0.25) is 0 Å². The first-order chi connectivity index (χ1) is 7.38. The zero-order valence-electron chi connectivity index (χ0n) is 8.47. The third kappa shape index (κ3) is 2.45. The molecule has 1 N–H and O–H groups in total. The van der Waals surface area contributed by atoms with Crippen molar-refractivity contribution in [1.29, 1.82) is 0 Å². The van der Waals surface area contributed by atoms with Crippen molar-refractivity contribution in [1.82, 2.24) is 4.98 Å². The average Bonchev–Trinajstić information content (AvgIpc) is 2.17. The van der Waals surface area contributed by atoms with Crippen LogP contribution < -0.4 is 5.56 Å². The minimum absolute atomic E-state index is 0.211. The van der Waals surface area contributed by atoms with Crippen molar-refractivity contribution in [3.8, 4) is 0 Å². The molecule has 0 aliphatic carbocycles. The van der Waals surface area contributed by atoms with Crippen LogP contribution in [0, 0.1) is 10.1 Å². The van der Waals surface area contributed by atoms with Gasteiger partial charge in [-0.25, -0.2) is 8.42 Å². The Bertz CT molecular complexity index is 560. The molecular weight excluding hydrogens is 236 g/mol. The van der Waals surface area contributed by atoms with Crippen LogP contribution in [-0.4, -0.2) is 24.1 Å². The molecule has 7 nitrogen and oxygen atoms in total. The van der Waals surface area contributed by atoms with Crippen LogP contribution in [-0.2, 0) is 9.84 Å². The third-order valence-electron chi connectivity index (χ3n) is 1.87. The normalized spacial score (nSPS) is 11.3. The van der Waals surface area contributed by atoms with E-state index in [9.17, 15) is 23.3 Å². The summed E-state index contributed by atoms with van der Waals surface area (Å²) in [6.45, 7) is 1.64. The van der Waals surface area contributed by atoms with Crippen molar-refractivity contribution in [2.45, 2.75) is 18.2 Å². The van der Waals surface area contributed by atoms with Gasteiger partial charge in [0.25, 0.3) is 11.2 Å². The maximum absolute atomic E-state index is 11.6. The lowest BCUT2D eigenvalue weighted by Crippen LogP contribution is -2.19. The highest BCUT2D eigenvalue weighted by Crippen LogP contribution is 2.13. The van der Waals surface area contributed by atoms with Gasteiger partial charge in [0.05, 0.1) is 16.9 Å². The van der Waals surface area contributed by atoms with Gasteiger partial charge in [0.2, 0.25) is 0 Å². The predicted octanol–water partition coefficient (Wildman–Crippen LogP) is 0.467. The highest BCUT2D eigenvalue weighted by atomic mass is 32.2. The lowest BCUT2D eigenvalue weighted by Gasteiger charge is -2.00. The second kappa shape index (κ2) is 4.44. The molecule has 1 aromatic rings. The van der Waals surface area contributed by atoms with E-state index in [2.05, 4.69) is 0 Å². The first kappa shape index (κ1) is 12.4. The van der Waals surface area contributed by atoms with Crippen LogP contribution in [0.5, 0.6) is 0 Å². The largest absolute Gasteiger partial charge is 0.322 e. The molecule has 1 aromatic heterocycles. The molecule has 0 atom stereocenters. The van der Waals surface area contributed by atoms with Crippen molar-refractivity contribution < 1.29 is 13.3 Å². The Kier molecular flexibility index (Phi) is 3.43. The van der Waals surface area contributed by atoms with Crippen LogP contribution in [0.3, 0.4) is 0 Å². The summed E-state index contributed by atoms with van der Waals surface area (Å²) in [6.07, 6.45) is 1.21. The molecule has 0 amide bonds. The summed E-state index contributed by atoms with van der Waals surface area (Å²) in [5, 5.41) is 10.4. The van der Waals surface area contributed by atoms with E-state index in [0.717, 1.165) is 12.3 Å². The van der Waals surface area contributed by atoms with E-state index in [-0.39, 0.29) is 5.75 Å². The Balaban J connectivity index is 3.39. The lowest BCUT2D eigenvalue weighted by atomic mass is 10.4. The lowest BCUT2D eigenvalue weighted by molar-refractivity contribution is -0.385. The number of hydrogen-bond donors (Lipinski definition) is 1. The topological polar surface area (TPSA) is 110 Å². The number of H-pyrrole nitrogens is 1. The highest BCUT2D eigenvalue weighted by molar-refractivity contribution is 7.91. The second-order valence-electron chi connectivity index (χ2n) is 3.13. The van der Waals surface area contributed by atoms with E-state index >= 15 is 0 Å². The Morgan fingerprint density at radius 3 is 2.62 bits per heavy atom. The van der Waals surface area contributed by atoms with E-state index in [1.165, 1.54) is 0 Å². The summed E-state index contributed by atoms with van der Waals surface area (Å²) >= 11 is 0. The van der Waals surface area contributed by atoms with E-state index in [4.69, 9.17) is 0 Å². The average molecular weight is 246 g/mol. The molecule has 0 saturated carbocycles. The Labute approximate surface area is 91.2 Å². The number of aromatic nitrogens is 1. The number of hydrogen-bond acceptors (Lipinski definition) is 5. The number of pyridine rings is 1. The van der Waals surface area contributed by atoms with Gasteiger partial charge in [-0.1, -0.05) is 6.92 Å². The van der Waals surface area contributed by atoms with E-state index in [1.807, 2.05) is 4.98 Å². The maximum Gasteiger partial charge on any atom is 0.286 e. The van der Waals surface area contributed by atoms with Gasteiger partial charge < -0.3 is 4.98 Å². The zero-order valence-corrected chi connectivity index (χ0v) is 9.28. The highest BCUT2D eigenvalue weighted by Gasteiger charge is 2.20. The smallest absolute Gasteiger partial charge is 0.286 e. The van der Waals surface area contributed by atoms with Crippen LogP contribution in [0.15, 0.2) is 22.0 Å². The first-order valence-corrected chi connectivity index (χ1v) is 6.13. The van der Waals surface area contributed by atoms with Gasteiger partial charge in [0.1, 0.15) is 4.90 Å². The fourth-order valence-corrected chi connectivity index (χ4v) is 2.57. The molecule has 1 rings (SSSR count). The van der Waals surface area contributed by atoms with Crippen LogP contribution >= 0.6 is 0 Å². The van der Waals surface area contributed by atoms with Crippen molar-refractivity contribution >= 4 is 15.5 Å². The summed E-state index contributed by atoms with van der Waals surface area (Å²) in [7, 11) is -3.75. The Morgan fingerprint density at radius 2 is 2.12 bits per heavy atom. The standard InChI is InChI=1S/C8H10N2O5S/c1-2-3-16(14,15)7-4-6(10(12)13)5-9-8(7)11/h4-5H,2-3H2,1H3,(H,9,11). The zero-order chi connectivity index (χ0) is 12.3. The van der Waals surface area contributed by atoms with Gasteiger partial charge in [-0.05, 0) is 6.42 Å². The summed E-state index contributed by atoms with van der Waals surface area (Å²) in [5.41, 5.74) is -1.28. The summed E-state index contributed by atoms with van der Waals surface area (Å²) in [4.78, 5) is 22.4. The van der Waals surface area contributed by atoms with Gasteiger partial charge >= 0.3 is 0 Å². The molecule has 8 heteroatoms. The van der Waals surface area contributed by atoms with Crippen LogP contribution in [0.1, 0.15) is 13.3 Å². The number of nitrogens with zero attached hydrogens (tertiary/aromatic N) is 1. The van der Waals surface area contributed by atoms with Gasteiger partial charge in [0, 0.05) is 6.07 Å². The molecule has 1 heterocycles. The number of rotatable bonds is 4. The molecule has 0 aliphatic rings. The minimum atomic E-state index is -3.75. The molecule has 0 bridgehead atoms.